The maximum atomic E-state index is 4.37. The van der Waals surface area contributed by atoms with Gasteiger partial charge >= 0.3 is 0 Å². The molecule has 1 aromatic rings. The summed E-state index contributed by atoms with van der Waals surface area (Å²) in [5.74, 6) is 0.849. The van der Waals surface area contributed by atoms with Crippen molar-refractivity contribution in [1.29, 1.82) is 0 Å². The number of aryl methyl sites for hydroxylation is 1. The van der Waals surface area contributed by atoms with Gasteiger partial charge in [0.05, 0.1) is 11.4 Å². The molecule has 1 saturated carbocycles. The lowest BCUT2D eigenvalue weighted by atomic mass is 9.84. The van der Waals surface area contributed by atoms with Crippen molar-refractivity contribution >= 4 is 0 Å². The molecule has 0 aliphatic heterocycles. The van der Waals surface area contributed by atoms with E-state index in [-0.39, 0.29) is 0 Å². The van der Waals surface area contributed by atoms with E-state index in [9.17, 15) is 0 Å². The van der Waals surface area contributed by atoms with Gasteiger partial charge in [-0.3, -0.25) is 9.97 Å². The molecule has 1 N–H and O–H groups in total. The molecule has 0 saturated heterocycles. The van der Waals surface area contributed by atoms with Gasteiger partial charge in [0.25, 0.3) is 0 Å². The third-order valence-corrected chi connectivity index (χ3v) is 3.80. The summed E-state index contributed by atoms with van der Waals surface area (Å²) in [6.45, 7) is 5.11. The van der Waals surface area contributed by atoms with Crippen LogP contribution in [0.4, 0.5) is 0 Å². The molecular formula is C14H23N3. The van der Waals surface area contributed by atoms with Crippen molar-refractivity contribution in [2.45, 2.75) is 58.5 Å². The van der Waals surface area contributed by atoms with Crippen LogP contribution in [0.25, 0.3) is 0 Å². The minimum absolute atomic E-state index is 0.596. The first-order valence-corrected chi connectivity index (χ1v) is 6.76. The highest BCUT2D eigenvalue weighted by molar-refractivity contribution is 5.00. The SMILES string of the molecule is Cc1cnc(CNC(C)C2CCCCC2)cn1. The van der Waals surface area contributed by atoms with Crippen LogP contribution in [0.3, 0.4) is 0 Å². The van der Waals surface area contributed by atoms with Crippen molar-refractivity contribution in [3.05, 3.63) is 23.8 Å². The van der Waals surface area contributed by atoms with Crippen molar-refractivity contribution < 1.29 is 0 Å². The van der Waals surface area contributed by atoms with Crippen molar-refractivity contribution in [2.75, 3.05) is 0 Å². The van der Waals surface area contributed by atoms with Crippen LogP contribution >= 0.6 is 0 Å². The molecule has 1 unspecified atom stereocenters. The standard InChI is InChI=1S/C14H23N3/c1-11-8-17-14(9-15-11)10-16-12(2)13-6-4-3-5-7-13/h8-9,12-13,16H,3-7,10H2,1-2H3. The Morgan fingerprint density at radius 2 is 2.00 bits per heavy atom. The molecule has 1 aliphatic rings. The van der Waals surface area contributed by atoms with Crippen molar-refractivity contribution in [1.82, 2.24) is 15.3 Å². The molecule has 17 heavy (non-hydrogen) atoms. The zero-order valence-electron chi connectivity index (χ0n) is 10.9. The number of nitrogens with one attached hydrogen (secondary N) is 1. The average molecular weight is 233 g/mol. The van der Waals surface area contributed by atoms with Gasteiger partial charge in [-0.15, -0.1) is 0 Å². The van der Waals surface area contributed by atoms with Gasteiger partial charge in [0, 0.05) is 25.0 Å². The smallest absolute Gasteiger partial charge is 0.0724 e. The first kappa shape index (κ1) is 12.5. The molecule has 1 atom stereocenters. The van der Waals surface area contributed by atoms with Gasteiger partial charge < -0.3 is 5.32 Å². The van der Waals surface area contributed by atoms with Gasteiger partial charge in [0.1, 0.15) is 0 Å². The fraction of sp³-hybridized carbons (Fsp3) is 0.714. The minimum atomic E-state index is 0.596. The van der Waals surface area contributed by atoms with Gasteiger partial charge in [0.2, 0.25) is 0 Å². The third-order valence-electron chi connectivity index (χ3n) is 3.80. The summed E-state index contributed by atoms with van der Waals surface area (Å²) in [5, 5.41) is 3.59. The maximum absolute atomic E-state index is 4.37. The number of hydrogen-bond acceptors (Lipinski definition) is 3. The van der Waals surface area contributed by atoms with E-state index in [1.54, 1.807) is 0 Å². The molecule has 1 fully saturated rings. The van der Waals surface area contributed by atoms with Crippen LogP contribution in [-0.4, -0.2) is 16.0 Å². The van der Waals surface area contributed by atoms with Crippen LogP contribution < -0.4 is 5.32 Å². The van der Waals surface area contributed by atoms with Gasteiger partial charge in [-0.2, -0.15) is 0 Å². The van der Waals surface area contributed by atoms with E-state index >= 15 is 0 Å². The molecule has 1 aliphatic carbocycles. The lowest BCUT2D eigenvalue weighted by molar-refractivity contribution is 0.280. The summed E-state index contributed by atoms with van der Waals surface area (Å²) in [4.78, 5) is 8.64. The van der Waals surface area contributed by atoms with Gasteiger partial charge in [-0.25, -0.2) is 0 Å². The summed E-state index contributed by atoms with van der Waals surface area (Å²) >= 11 is 0. The highest BCUT2D eigenvalue weighted by atomic mass is 14.9. The Kier molecular flexibility index (Phi) is 4.49. The molecule has 0 spiro atoms. The van der Waals surface area contributed by atoms with Crippen LogP contribution in [0, 0.1) is 12.8 Å². The maximum Gasteiger partial charge on any atom is 0.0724 e. The Balaban J connectivity index is 1.78. The summed E-state index contributed by atoms with van der Waals surface area (Å²) < 4.78 is 0. The van der Waals surface area contributed by atoms with E-state index in [1.807, 2.05) is 19.3 Å². The van der Waals surface area contributed by atoms with Crippen molar-refractivity contribution in [3.8, 4) is 0 Å². The van der Waals surface area contributed by atoms with Crippen LogP contribution in [0.1, 0.15) is 50.4 Å². The van der Waals surface area contributed by atoms with E-state index < -0.39 is 0 Å². The molecular weight excluding hydrogens is 210 g/mol. The van der Waals surface area contributed by atoms with E-state index in [1.165, 1.54) is 32.1 Å². The molecule has 0 aromatic carbocycles. The Morgan fingerprint density at radius 1 is 1.24 bits per heavy atom. The fourth-order valence-corrected chi connectivity index (χ4v) is 2.58. The average Bonchev–Trinajstić information content (AvgIpc) is 2.39. The van der Waals surface area contributed by atoms with Crippen molar-refractivity contribution in [2.24, 2.45) is 5.92 Å². The molecule has 2 rings (SSSR count). The highest BCUT2D eigenvalue weighted by Crippen LogP contribution is 2.26. The third kappa shape index (κ3) is 3.77. The molecule has 0 amide bonds. The lowest BCUT2D eigenvalue weighted by Crippen LogP contribution is -2.34. The van der Waals surface area contributed by atoms with Crippen LogP contribution in [0.15, 0.2) is 12.4 Å². The summed E-state index contributed by atoms with van der Waals surface area (Å²) in [7, 11) is 0. The van der Waals surface area contributed by atoms with E-state index in [0.717, 1.165) is 23.9 Å². The van der Waals surface area contributed by atoms with Crippen LogP contribution in [0.5, 0.6) is 0 Å². The zero-order valence-corrected chi connectivity index (χ0v) is 10.9. The quantitative estimate of drug-likeness (QED) is 0.869. The second kappa shape index (κ2) is 6.10. The second-order valence-corrected chi connectivity index (χ2v) is 5.22. The summed E-state index contributed by atoms with van der Waals surface area (Å²) in [5.41, 5.74) is 2.02. The van der Waals surface area contributed by atoms with E-state index in [0.29, 0.717) is 6.04 Å². The first-order chi connectivity index (χ1) is 8.25. The Hall–Kier alpha value is -0.960. The van der Waals surface area contributed by atoms with Crippen molar-refractivity contribution in [3.63, 3.8) is 0 Å². The number of nitrogens with zero attached hydrogens (tertiary/aromatic N) is 2. The van der Waals surface area contributed by atoms with Gasteiger partial charge in [0.15, 0.2) is 0 Å². The monoisotopic (exact) mass is 233 g/mol. The predicted molar refractivity (Wildman–Crippen MR) is 69.6 cm³/mol. The van der Waals surface area contributed by atoms with E-state index in [4.69, 9.17) is 0 Å². The van der Waals surface area contributed by atoms with E-state index in [2.05, 4.69) is 22.2 Å². The molecule has 0 radical (unpaired) electrons. The summed E-state index contributed by atoms with van der Waals surface area (Å²) in [6, 6.07) is 0.596. The van der Waals surface area contributed by atoms with Gasteiger partial charge in [-0.05, 0) is 32.6 Å². The topological polar surface area (TPSA) is 37.8 Å². The summed E-state index contributed by atoms with van der Waals surface area (Å²) in [6.07, 6.45) is 10.7. The number of hydrogen-bond donors (Lipinski definition) is 1. The molecule has 1 aromatic heterocycles. The zero-order chi connectivity index (χ0) is 12.1. The molecule has 0 bridgehead atoms. The van der Waals surface area contributed by atoms with Gasteiger partial charge in [-0.1, -0.05) is 19.3 Å². The molecule has 94 valence electrons. The normalized spacial score (nSPS) is 19.2. The molecule has 1 heterocycles. The lowest BCUT2D eigenvalue weighted by Gasteiger charge is -2.28. The van der Waals surface area contributed by atoms with Crippen LogP contribution in [-0.2, 0) is 6.54 Å². The molecule has 3 heteroatoms. The molecule has 3 nitrogen and oxygen atoms in total. The first-order valence-electron chi connectivity index (χ1n) is 6.76. The predicted octanol–water partition coefficient (Wildman–Crippen LogP) is 2.84. The Morgan fingerprint density at radius 3 is 2.65 bits per heavy atom. The Bertz CT molecular complexity index is 328. The second-order valence-electron chi connectivity index (χ2n) is 5.22. The number of aromatic nitrogens is 2. The minimum Gasteiger partial charge on any atom is -0.308 e. The Labute approximate surface area is 104 Å². The number of rotatable bonds is 4. The highest BCUT2D eigenvalue weighted by Gasteiger charge is 2.19. The van der Waals surface area contributed by atoms with Crippen LogP contribution in [0.2, 0.25) is 0 Å². The fourth-order valence-electron chi connectivity index (χ4n) is 2.58. The largest absolute Gasteiger partial charge is 0.308 e.